The van der Waals surface area contributed by atoms with Gasteiger partial charge in [0.25, 0.3) is 5.91 Å². The van der Waals surface area contributed by atoms with Crippen molar-refractivity contribution in [3.8, 4) is 0 Å². The van der Waals surface area contributed by atoms with Crippen molar-refractivity contribution < 1.29 is 14.4 Å². The maximum Gasteiger partial charge on any atom is 0.325 e. The van der Waals surface area contributed by atoms with Crippen LogP contribution in [0, 0.1) is 5.92 Å². The lowest BCUT2D eigenvalue weighted by Gasteiger charge is -2.36. The average molecular weight is 323 g/mol. The summed E-state index contributed by atoms with van der Waals surface area (Å²) in [6, 6.07) is -0.426. The molecule has 1 aliphatic carbocycles. The lowest BCUT2D eigenvalue weighted by atomic mass is 9.73. The van der Waals surface area contributed by atoms with Crippen LogP contribution in [0.1, 0.15) is 65.2 Å². The Hall–Kier alpha value is -1.59. The number of carbonyl (C=O) groups is 3. The second-order valence-electron chi connectivity index (χ2n) is 6.85. The smallest absolute Gasteiger partial charge is 0.325 e. The van der Waals surface area contributed by atoms with Crippen LogP contribution in [0.2, 0.25) is 0 Å². The highest BCUT2D eigenvalue weighted by Gasteiger charge is 2.55. The first-order valence-corrected chi connectivity index (χ1v) is 8.92. The summed E-state index contributed by atoms with van der Waals surface area (Å²) in [5.41, 5.74) is -0.781. The molecule has 1 heterocycles. The standard InChI is InChI=1S/C17H29N3O3/c1-3-4-5-8-11-18-14(21)12-20-15(22)17(19-16(20)23)10-7-6-9-13(17)2/h13H,3-12H2,1-2H3,(H,18,21)(H,19,23)/t13-,17+/m1/s1. The Kier molecular flexibility index (Phi) is 6.02. The van der Waals surface area contributed by atoms with Crippen LogP contribution in [-0.4, -0.2) is 41.4 Å². The summed E-state index contributed by atoms with van der Waals surface area (Å²) in [6.45, 7) is 4.57. The van der Waals surface area contributed by atoms with Crippen LogP contribution in [0.3, 0.4) is 0 Å². The number of carbonyl (C=O) groups excluding carboxylic acids is 3. The number of unbranched alkanes of at least 4 members (excludes halogenated alkanes) is 3. The minimum absolute atomic E-state index is 0.120. The van der Waals surface area contributed by atoms with Gasteiger partial charge in [-0.05, 0) is 25.2 Å². The van der Waals surface area contributed by atoms with E-state index in [4.69, 9.17) is 0 Å². The molecule has 23 heavy (non-hydrogen) atoms. The number of hydrogen-bond donors (Lipinski definition) is 2. The molecule has 1 spiro atoms. The molecule has 2 atom stereocenters. The number of amides is 4. The second-order valence-corrected chi connectivity index (χ2v) is 6.85. The third-order valence-electron chi connectivity index (χ3n) is 5.16. The largest absolute Gasteiger partial charge is 0.355 e. The van der Waals surface area contributed by atoms with Gasteiger partial charge in [0, 0.05) is 6.54 Å². The molecule has 0 aromatic rings. The molecule has 0 unspecified atom stereocenters. The number of nitrogens with zero attached hydrogens (tertiary/aromatic N) is 1. The van der Waals surface area contributed by atoms with E-state index in [1.807, 2.05) is 6.92 Å². The van der Waals surface area contributed by atoms with E-state index in [-0.39, 0.29) is 24.3 Å². The number of hydrogen-bond acceptors (Lipinski definition) is 3. The molecule has 130 valence electrons. The molecule has 4 amide bonds. The monoisotopic (exact) mass is 323 g/mol. The van der Waals surface area contributed by atoms with Crippen molar-refractivity contribution in [3.63, 3.8) is 0 Å². The summed E-state index contributed by atoms with van der Waals surface area (Å²) >= 11 is 0. The summed E-state index contributed by atoms with van der Waals surface area (Å²) in [4.78, 5) is 38.0. The Labute approximate surface area is 138 Å². The van der Waals surface area contributed by atoms with Gasteiger partial charge in [-0.25, -0.2) is 4.79 Å². The summed E-state index contributed by atoms with van der Waals surface area (Å²) in [6.07, 6.45) is 7.96. The van der Waals surface area contributed by atoms with E-state index in [9.17, 15) is 14.4 Å². The van der Waals surface area contributed by atoms with E-state index in [1.165, 1.54) is 0 Å². The molecular weight excluding hydrogens is 294 g/mol. The SMILES string of the molecule is CCCCCCNC(=O)CN1C(=O)N[C@]2(CCCC[C@H]2C)C1=O. The second kappa shape index (κ2) is 7.79. The van der Waals surface area contributed by atoms with Gasteiger partial charge in [-0.1, -0.05) is 46.0 Å². The van der Waals surface area contributed by atoms with Crippen molar-refractivity contribution in [2.75, 3.05) is 13.1 Å². The lowest BCUT2D eigenvalue weighted by molar-refractivity contribution is -0.137. The Bertz CT molecular complexity index is 466. The van der Waals surface area contributed by atoms with Gasteiger partial charge >= 0.3 is 6.03 Å². The molecule has 2 fully saturated rings. The van der Waals surface area contributed by atoms with Crippen LogP contribution < -0.4 is 10.6 Å². The van der Waals surface area contributed by atoms with E-state index in [1.54, 1.807) is 0 Å². The van der Waals surface area contributed by atoms with Gasteiger partial charge in [0.15, 0.2) is 0 Å². The molecular formula is C17H29N3O3. The molecule has 2 N–H and O–H groups in total. The van der Waals surface area contributed by atoms with Crippen molar-refractivity contribution in [2.45, 2.75) is 70.8 Å². The normalized spacial score (nSPS) is 27.4. The number of imide groups is 1. The molecule has 1 aliphatic heterocycles. The number of rotatable bonds is 7. The molecule has 0 radical (unpaired) electrons. The maximum atomic E-state index is 12.7. The van der Waals surface area contributed by atoms with Gasteiger partial charge < -0.3 is 10.6 Å². The Morgan fingerprint density at radius 3 is 2.78 bits per heavy atom. The van der Waals surface area contributed by atoms with Crippen LogP contribution >= 0.6 is 0 Å². The van der Waals surface area contributed by atoms with Crippen molar-refractivity contribution in [1.29, 1.82) is 0 Å². The van der Waals surface area contributed by atoms with Crippen molar-refractivity contribution in [1.82, 2.24) is 15.5 Å². The highest BCUT2D eigenvalue weighted by molar-refractivity contribution is 6.09. The fourth-order valence-corrected chi connectivity index (χ4v) is 3.62. The summed E-state index contributed by atoms with van der Waals surface area (Å²) in [5.74, 6) is -0.365. The van der Waals surface area contributed by atoms with Crippen LogP contribution in [-0.2, 0) is 9.59 Å². The van der Waals surface area contributed by atoms with Crippen LogP contribution in [0.25, 0.3) is 0 Å². The average Bonchev–Trinajstić information content (AvgIpc) is 2.75. The molecule has 1 saturated carbocycles. The van der Waals surface area contributed by atoms with E-state index >= 15 is 0 Å². The van der Waals surface area contributed by atoms with Gasteiger partial charge in [0.2, 0.25) is 5.91 Å². The molecule has 2 aliphatic rings. The molecule has 0 aromatic heterocycles. The molecule has 1 saturated heterocycles. The molecule has 0 bridgehead atoms. The predicted molar refractivity (Wildman–Crippen MR) is 87.8 cm³/mol. The molecule has 0 aromatic carbocycles. The van der Waals surface area contributed by atoms with Crippen LogP contribution in [0.4, 0.5) is 4.79 Å². The fraction of sp³-hybridized carbons (Fsp3) is 0.824. The topological polar surface area (TPSA) is 78.5 Å². The maximum absolute atomic E-state index is 12.7. The zero-order chi connectivity index (χ0) is 16.9. The summed E-state index contributed by atoms with van der Waals surface area (Å²) in [7, 11) is 0. The molecule has 2 rings (SSSR count). The highest BCUT2D eigenvalue weighted by Crippen LogP contribution is 2.38. The zero-order valence-electron chi connectivity index (χ0n) is 14.3. The number of nitrogens with one attached hydrogen (secondary N) is 2. The van der Waals surface area contributed by atoms with Crippen LogP contribution in [0.5, 0.6) is 0 Å². The first-order valence-electron chi connectivity index (χ1n) is 8.92. The van der Waals surface area contributed by atoms with Crippen molar-refractivity contribution in [2.24, 2.45) is 5.92 Å². The van der Waals surface area contributed by atoms with E-state index < -0.39 is 11.6 Å². The Morgan fingerprint density at radius 2 is 2.09 bits per heavy atom. The Balaban J connectivity index is 1.87. The minimum atomic E-state index is -0.781. The van der Waals surface area contributed by atoms with Gasteiger partial charge in [-0.2, -0.15) is 0 Å². The zero-order valence-corrected chi connectivity index (χ0v) is 14.3. The predicted octanol–water partition coefficient (Wildman–Crippen LogP) is 2.18. The van der Waals surface area contributed by atoms with Crippen molar-refractivity contribution >= 4 is 17.8 Å². The molecule has 6 nitrogen and oxygen atoms in total. The third-order valence-corrected chi connectivity index (χ3v) is 5.16. The van der Waals surface area contributed by atoms with E-state index in [2.05, 4.69) is 17.6 Å². The highest BCUT2D eigenvalue weighted by atomic mass is 16.2. The third kappa shape index (κ3) is 3.85. The summed E-state index contributed by atoms with van der Waals surface area (Å²) < 4.78 is 0. The minimum Gasteiger partial charge on any atom is -0.355 e. The first-order chi connectivity index (χ1) is 11.0. The Morgan fingerprint density at radius 1 is 1.30 bits per heavy atom. The van der Waals surface area contributed by atoms with Gasteiger partial charge in [-0.3, -0.25) is 14.5 Å². The number of urea groups is 1. The van der Waals surface area contributed by atoms with Gasteiger partial charge in [0.05, 0.1) is 0 Å². The molecule has 6 heteroatoms. The first kappa shape index (κ1) is 17.8. The van der Waals surface area contributed by atoms with E-state index in [0.717, 1.165) is 49.8 Å². The van der Waals surface area contributed by atoms with E-state index in [0.29, 0.717) is 13.0 Å². The lowest BCUT2D eigenvalue weighted by Crippen LogP contribution is -2.54. The van der Waals surface area contributed by atoms with Gasteiger partial charge in [-0.15, -0.1) is 0 Å². The van der Waals surface area contributed by atoms with Gasteiger partial charge in [0.1, 0.15) is 12.1 Å². The fourth-order valence-electron chi connectivity index (χ4n) is 3.62. The quantitative estimate of drug-likeness (QED) is 0.557. The van der Waals surface area contributed by atoms with Crippen molar-refractivity contribution in [3.05, 3.63) is 0 Å². The summed E-state index contributed by atoms with van der Waals surface area (Å²) in [5, 5.41) is 5.66. The van der Waals surface area contributed by atoms with Crippen LogP contribution in [0.15, 0.2) is 0 Å².